The van der Waals surface area contributed by atoms with Crippen molar-refractivity contribution in [1.82, 2.24) is 0 Å². The number of methoxy groups -OCH3 is 1. The van der Waals surface area contributed by atoms with Gasteiger partial charge in [0.05, 0.1) is 20.3 Å². The minimum absolute atomic E-state index is 0.258. The van der Waals surface area contributed by atoms with Crippen molar-refractivity contribution in [3.63, 3.8) is 0 Å². The maximum Gasteiger partial charge on any atom is 0.330 e. The fourth-order valence-electron chi connectivity index (χ4n) is 3.36. The van der Waals surface area contributed by atoms with Crippen LogP contribution in [0.4, 0.5) is 0 Å². The molecule has 2 fully saturated rings. The summed E-state index contributed by atoms with van der Waals surface area (Å²) in [5, 5.41) is 10.6. The van der Waals surface area contributed by atoms with E-state index >= 15 is 0 Å². The summed E-state index contributed by atoms with van der Waals surface area (Å²) in [5.74, 6) is -0.591. The second kappa shape index (κ2) is 9.23. The summed E-state index contributed by atoms with van der Waals surface area (Å²) < 4.78 is 33.6. The Bertz CT molecular complexity index is 714. The van der Waals surface area contributed by atoms with Crippen molar-refractivity contribution in [3.8, 4) is 5.75 Å². The molecule has 2 heterocycles. The first-order chi connectivity index (χ1) is 13.8. The fraction of sp³-hybridized carbons (Fsp3) is 0.571. The zero-order chi connectivity index (χ0) is 21.0. The SMILES string of the molecule is CCOC(=O)/C=C/[C@@H](O)[C@H]1O[C@@H]2OC(C)(C)O[C@@H]2[C@H]1OCc1ccc(OC)cc1. The number of carbonyl (C=O) groups excluding carboxylic acids is 1. The van der Waals surface area contributed by atoms with Gasteiger partial charge in [-0.1, -0.05) is 12.1 Å². The van der Waals surface area contributed by atoms with Gasteiger partial charge < -0.3 is 33.5 Å². The largest absolute Gasteiger partial charge is 0.497 e. The maximum absolute atomic E-state index is 11.5. The Morgan fingerprint density at radius 1 is 1.28 bits per heavy atom. The molecule has 1 aromatic carbocycles. The summed E-state index contributed by atoms with van der Waals surface area (Å²) in [7, 11) is 1.61. The first kappa shape index (κ1) is 21.7. The van der Waals surface area contributed by atoms with Gasteiger partial charge in [-0.05, 0) is 44.5 Å². The van der Waals surface area contributed by atoms with Crippen molar-refractivity contribution in [2.45, 2.75) is 63.9 Å². The molecule has 2 aliphatic heterocycles. The van der Waals surface area contributed by atoms with Gasteiger partial charge in [0.15, 0.2) is 12.1 Å². The zero-order valence-electron chi connectivity index (χ0n) is 17.1. The van der Waals surface area contributed by atoms with Gasteiger partial charge in [-0.3, -0.25) is 0 Å². The number of esters is 1. The van der Waals surface area contributed by atoms with Gasteiger partial charge in [-0.15, -0.1) is 0 Å². The van der Waals surface area contributed by atoms with Crippen molar-refractivity contribution in [2.24, 2.45) is 0 Å². The second-order valence-corrected chi connectivity index (χ2v) is 7.29. The van der Waals surface area contributed by atoms with E-state index in [2.05, 4.69) is 0 Å². The third-order valence-corrected chi connectivity index (χ3v) is 4.68. The van der Waals surface area contributed by atoms with E-state index in [1.165, 1.54) is 12.2 Å². The van der Waals surface area contributed by atoms with Gasteiger partial charge >= 0.3 is 5.97 Å². The molecule has 1 N–H and O–H groups in total. The summed E-state index contributed by atoms with van der Waals surface area (Å²) >= 11 is 0. The quantitative estimate of drug-likeness (QED) is 0.515. The van der Waals surface area contributed by atoms with E-state index in [9.17, 15) is 9.90 Å². The topological polar surface area (TPSA) is 92.7 Å². The monoisotopic (exact) mass is 408 g/mol. The van der Waals surface area contributed by atoms with E-state index in [-0.39, 0.29) is 13.2 Å². The standard InChI is InChI=1S/C21H28O8/c1-5-25-16(23)11-10-15(22)17-18(19-20(27-17)29-21(2,3)28-19)26-12-13-6-8-14(24-4)9-7-13/h6-11,15,17-20,22H,5,12H2,1-4H3/b11-10+/t15-,17-,18+,19-,20-/m1/s1. The summed E-state index contributed by atoms with van der Waals surface area (Å²) in [5.41, 5.74) is 0.933. The summed E-state index contributed by atoms with van der Waals surface area (Å²) in [6.45, 7) is 5.84. The highest BCUT2D eigenvalue weighted by molar-refractivity contribution is 5.81. The van der Waals surface area contributed by atoms with Crippen LogP contribution in [-0.2, 0) is 35.1 Å². The molecule has 0 spiro atoms. The first-order valence-electron chi connectivity index (χ1n) is 9.61. The molecule has 8 heteroatoms. The van der Waals surface area contributed by atoms with Crippen molar-refractivity contribution in [2.75, 3.05) is 13.7 Å². The molecule has 1 aromatic rings. The number of fused-ring (bicyclic) bond motifs is 1. The van der Waals surface area contributed by atoms with E-state index in [0.29, 0.717) is 0 Å². The molecule has 8 nitrogen and oxygen atoms in total. The number of carbonyl (C=O) groups is 1. The van der Waals surface area contributed by atoms with E-state index in [1.807, 2.05) is 24.3 Å². The molecule has 29 heavy (non-hydrogen) atoms. The van der Waals surface area contributed by atoms with Gasteiger partial charge in [0.1, 0.15) is 30.2 Å². The lowest BCUT2D eigenvalue weighted by Gasteiger charge is -2.27. The molecule has 160 valence electrons. The van der Waals surface area contributed by atoms with Crippen LogP contribution in [0.5, 0.6) is 5.75 Å². The van der Waals surface area contributed by atoms with Crippen LogP contribution in [-0.4, -0.2) is 61.3 Å². The third kappa shape index (κ3) is 5.34. The normalized spacial score (nSPS) is 29.0. The molecule has 0 unspecified atom stereocenters. The van der Waals surface area contributed by atoms with E-state index in [1.54, 1.807) is 27.9 Å². The molecular weight excluding hydrogens is 380 g/mol. The first-order valence-corrected chi connectivity index (χ1v) is 9.61. The summed E-state index contributed by atoms with van der Waals surface area (Å²) in [6, 6.07) is 7.49. The maximum atomic E-state index is 11.5. The average Bonchev–Trinajstić information content (AvgIpc) is 3.17. The highest BCUT2D eigenvalue weighted by Gasteiger charge is 2.56. The lowest BCUT2D eigenvalue weighted by atomic mass is 10.0. The Labute approximate surface area is 170 Å². The zero-order valence-corrected chi connectivity index (χ0v) is 17.1. The van der Waals surface area contributed by atoms with Gasteiger partial charge in [0.25, 0.3) is 0 Å². The van der Waals surface area contributed by atoms with Gasteiger partial charge in [-0.2, -0.15) is 0 Å². The molecule has 2 saturated heterocycles. The van der Waals surface area contributed by atoms with E-state index in [0.717, 1.165) is 11.3 Å². The Hall–Kier alpha value is -1.97. The van der Waals surface area contributed by atoms with Crippen LogP contribution in [0.3, 0.4) is 0 Å². The van der Waals surface area contributed by atoms with Crippen LogP contribution in [0.15, 0.2) is 36.4 Å². The van der Waals surface area contributed by atoms with Crippen LogP contribution in [0.25, 0.3) is 0 Å². The Morgan fingerprint density at radius 3 is 2.66 bits per heavy atom. The second-order valence-electron chi connectivity index (χ2n) is 7.29. The molecule has 5 atom stereocenters. The lowest BCUT2D eigenvalue weighted by molar-refractivity contribution is -0.227. The molecule has 0 saturated carbocycles. The van der Waals surface area contributed by atoms with Crippen LogP contribution in [0, 0.1) is 0 Å². The molecule has 0 aromatic heterocycles. The fourth-order valence-corrected chi connectivity index (χ4v) is 3.36. The highest BCUT2D eigenvalue weighted by Crippen LogP contribution is 2.40. The molecule has 2 aliphatic rings. The van der Waals surface area contributed by atoms with Crippen molar-refractivity contribution >= 4 is 5.97 Å². The number of rotatable bonds is 8. The number of aliphatic hydroxyl groups excluding tert-OH is 1. The van der Waals surface area contributed by atoms with Crippen molar-refractivity contribution in [1.29, 1.82) is 0 Å². The van der Waals surface area contributed by atoms with Crippen LogP contribution < -0.4 is 4.74 Å². The van der Waals surface area contributed by atoms with Crippen molar-refractivity contribution in [3.05, 3.63) is 42.0 Å². The Balaban J connectivity index is 1.70. The number of ether oxygens (including phenoxy) is 6. The van der Waals surface area contributed by atoms with E-state index in [4.69, 9.17) is 28.4 Å². The summed E-state index contributed by atoms with van der Waals surface area (Å²) in [6.07, 6.45) is -1.10. The Kier molecular flexibility index (Phi) is 6.92. The van der Waals surface area contributed by atoms with Crippen molar-refractivity contribution < 1.29 is 38.3 Å². The highest BCUT2D eigenvalue weighted by atomic mass is 16.8. The third-order valence-electron chi connectivity index (χ3n) is 4.68. The average molecular weight is 408 g/mol. The smallest absolute Gasteiger partial charge is 0.330 e. The molecule has 0 amide bonds. The predicted molar refractivity (Wildman–Crippen MR) is 102 cm³/mol. The van der Waals surface area contributed by atoms with Gasteiger partial charge in [-0.25, -0.2) is 4.79 Å². The molecule has 0 bridgehead atoms. The number of benzene rings is 1. The minimum atomic E-state index is -1.10. The van der Waals surface area contributed by atoms with Gasteiger partial charge in [0.2, 0.25) is 0 Å². The number of hydrogen-bond acceptors (Lipinski definition) is 8. The minimum Gasteiger partial charge on any atom is -0.497 e. The van der Waals surface area contributed by atoms with E-state index < -0.39 is 42.5 Å². The predicted octanol–water partition coefficient (Wildman–Crippen LogP) is 1.94. The molecule has 0 radical (unpaired) electrons. The Morgan fingerprint density at radius 2 is 2.00 bits per heavy atom. The molecule has 3 rings (SSSR count). The lowest BCUT2D eigenvalue weighted by Crippen LogP contribution is -2.42. The van der Waals surface area contributed by atoms with Crippen LogP contribution in [0.2, 0.25) is 0 Å². The number of hydrogen-bond donors (Lipinski definition) is 1. The summed E-state index contributed by atoms with van der Waals surface area (Å²) in [4.78, 5) is 11.5. The molecule has 0 aliphatic carbocycles. The number of aliphatic hydroxyl groups is 1. The van der Waals surface area contributed by atoms with Gasteiger partial charge in [0, 0.05) is 6.08 Å². The van der Waals surface area contributed by atoms with Crippen LogP contribution in [0.1, 0.15) is 26.3 Å². The van der Waals surface area contributed by atoms with Crippen LogP contribution >= 0.6 is 0 Å². The molecular formula is C21H28O8.